The number of hydrogen-bond acceptors (Lipinski definition) is 7. The molecule has 1 rings (SSSR count). The first-order chi connectivity index (χ1) is 17.3. The molecule has 0 N–H and O–H groups in total. The summed E-state index contributed by atoms with van der Waals surface area (Å²) in [5, 5.41) is 0. The molecule has 220 valence electrons. The molecule has 38 heavy (non-hydrogen) atoms. The van der Waals surface area contributed by atoms with Gasteiger partial charge in [0, 0.05) is 13.0 Å². The van der Waals surface area contributed by atoms with Gasteiger partial charge >= 0.3 is 17.9 Å². The Balaban J connectivity index is 3.05. The number of hydrogen-bond donors (Lipinski definition) is 0. The van der Waals surface area contributed by atoms with Crippen molar-refractivity contribution in [3.8, 4) is 0 Å². The van der Waals surface area contributed by atoms with Crippen LogP contribution < -0.4 is 0 Å². The molecule has 0 bridgehead atoms. The normalized spacial score (nSPS) is 19.9. The van der Waals surface area contributed by atoms with E-state index in [2.05, 4.69) is 20.8 Å². The minimum Gasteiger partial charge on any atom is -0.469 e. The summed E-state index contributed by atoms with van der Waals surface area (Å²) < 4.78 is 16.8. The number of esters is 3. The van der Waals surface area contributed by atoms with E-state index >= 15 is 0 Å². The molecule has 1 aliphatic rings. The predicted octanol–water partition coefficient (Wildman–Crippen LogP) is 6.05. The molecule has 4 atom stereocenters. The van der Waals surface area contributed by atoms with E-state index in [0.29, 0.717) is 25.8 Å². The van der Waals surface area contributed by atoms with Crippen LogP contribution in [0.4, 0.5) is 0 Å². The average Bonchev–Trinajstić information content (AvgIpc) is 3.00. The maximum atomic E-state index is 13.5. The number of carbonyl (C=O) groups excluding carboxylic acids is 4. The summed E-state index contributed by atoms with van der Waals surface area (Å²) in [4.78, 5) is 53.6. The van der Waals surface area contributed by atoms with Gasteiger partial charge in [0.05, 0.1) is 23.9 Å². The molecule has 1 aliphatic heterocycles. The molecule has 1 fully saturated rings. The van der Waals surface area contributed by atoms with Crippen LogP contribution in [-0.2, 0) is 33.4 Å². The quantitative estimate of drug-likeness (QED) is 0.220. The van der Waals surface area contributed by atoms with Gasteiger partial charge in [-0.25, -0.2) is 0 Å². The monoisotopic (exact) mass is 539 g/mol. The standard InChI is InChI=1S/C30H53NO7/c1-12-29(9,26(35)38-28(7,8)19-27(4,5)6)20-30(10,25(34)36-11)18-21(2)24(33)37-22(3)31-17-15-13-14-16-23(31)32/h21-22H,12-20H2,1-11H3. The van der Waals surface area contributed by atoms with Crippen LogP contribution in [0.3, 0.4) is 0 Å². The Morgan fingerprint density at radius 1 is 0.895 bits per heavy atom. The Bertz CT molecular complexity index is 846. The highest BCUT2D eigenvalue weighted by Crippen LogP contribution is 2.44. The lowest BCUT2D eigenvalue weighted by Crippen LogP contribution is -2.45. The number of nitrogens with zero attached hydrogens (tertiary/aromatic N) is 1. The Hall–Kier alpha value is -2.12. The topological polar surface area (TPSA) is 99.2 Å². The molecule has 4 unspecified atom stereocenters. The van der Waals surface area contributed by atoms with Gasteiger partial charge in [-0.05, 0) is 78.6 Å². The van der Waals surface area contributed by atoms with E-state index < -0.39 is 40.5 Å². The van der Waals surface area contributed by atoms with Crippen molar-refractivity contribution in [3.05, 3.63) is 0 Å². The molecular weight excluding hydrogens is 486 g/mol. The molecule has 1 saturated heterocycles. The van der Waals surface area contributed by atoms with Crippen LogP contribution in [0.25, 0.3) is 0 Å². The molecule has 0 aromatic rings. The molecule has 1 heterocycles. The molecule has 0 aliphatic carbocycles. The predicted molar refractivity (Wildman–Crippen MR) is 147 cm³/mol. The van der Waals surface area contributed by atoms with Crippen molar-refractivity contribution in [2.24, 2.45) is 22.2 Å². The number of carbonyl (C=O) groups is 4. The van der Waals surface area contributed by atoms with Crippen LogP contribution in [0, 0.1) is 22.2 Å². The molecule has 0 saturated carbocycles. The first-order valence-corrected chi connectivity index (χ1v) is 14.1. The zero-order chi connectivity index (χ0) is 29.5. The first kappa shape index (κ1) is 33.9. The van der Waals surface area contributed by atoms with Gasteiger partial charge in [0.2, 0.25) is 5.91 Å². The highest BCUT2D eigenvalue weighted by Gasteiger charge is 2.48. The van der Waals surface area contributed by atoms with Crippen molar-refractivity contribution in [3.63, 3.8) is 0 Å². The summed E-state index contributed by atoms with van der Waals surface area (Å²) in [5.41, 5.74) is -2.80. The highest BCUT2D eigenvalue weighted by molar-refractivity contribution is 5.82. The van der Waals surface area contributed by atoms with Crippen molar-refractivity contribution in [1.29, 1.82) is 0 Å². The second-order valence-corrected chi connectivity index (χ2v) is 13.6. The zero-order valence-corrected chi connectivity index (χ0v) is 25.8. The largest absolute Gasteiger partial charge is 0.469 e. The summed E-state index contributed by atoms with van der Waals surface area (Å²) in [6, 6.07) is 0. The highest BCUT2D eigenvalue weighted by atomic mass is 16.6. The number of likely N-dealkylation sites (tertiary alicyclic amines) is 1. The van der Waals surface area contributed by atoms with E-state index in [1.165, 1.54) is 7.11 Å². The SMILES string of the molecule is CCC(C)(CC(C)(CC(C)C(=O)OC(C)N1CCCCCC1=O)C(=O)OC)C(=O)OC(C)(C)CC(C)(C)C. The summed E-state index contributed by atoms with van der Waals surface area (Å²) in [6.45, 7) is 19.5. The van der Waals surface area contributed by atoms with Crippen LogP contribution in [0.5, 0.6) is 0 Å². The molecular formula is C30H53NO7. The second-order valence-electron chi connectivity index (χ2n) is 13.6. The summed E-state index contributed by atoms with van der Waals surface area (Å²) in [5.74, 6) is -2.02. The first-order valence-electron chi connectivity index (χ1n) is 14.1. The molecule has 8 heteroatoms. The Kier molecular flexibility index (Phi) is 11.9. The fourth-order valence-corrected chi connectivity index (χ4v) is 5.86. The second kappa shape index (κ2) is 13.3. The maximum Gasteiger partial charge on any atom is 0.312 e. The van der Waals surface area contributed by atoms with Gasteiger partial charge in [0.25, 0.3) is 0 Å². The zero-order valence-electron chi connectivity index (χ0n) is 25.8. The average molecular weight is 540 g/mol. The minimum atomic E-state index is -1.13. The van der Waals surface area contributed by atoms with E-state index in [-0.39, 0.29) is 30.1 Å². The van der Waals surface area contributed by atoms with E-state index in [1.807, 2.05) is 20.8 Å². The fraction of sp³-hybridized carbons (Fsp3) is 0.867. The van der Waals surface area contributed by atoms with Crippen molar-refractivity contribution in [1.82, 2.24) is 4.90 Å². The summed E-state index contributed by atoms with van der Waals surface area (Å²) in [6.07, 6.45) is 3.90. The fourth-order valence-electron chi connectivity index (χ4n) is 5.86. The van der Waals surface area contributed by atoms with Gasteiger partial charge < -0.3 is 19.1 Å². The lowest BCUT2D eigenvalue weighted by Gasteiger charge is -2.40. The summed E-state index contributed by atoms with van der Waals surface area (Å²) in [7, 11) is 1.31. The molecule has 1 amide bonds. The van der Waals surface area contributed by atoms with Gasteiger partial charge in [-0.3, -0.25) is 19.2 Å². The van der Waals surface area contributed by atoms with Crippen molar-refractivity contribution in [2.45, 2.75) is 132 Å². The van der Waals surface area contributed by atoms with Crippen LogP contribution in [-0.4, -0.2) is 54.2 Å². The third-order valence-electron chi connectivity index (χ3n) is 7.55. The Morgan fingerprint density at radius 3 is 2.03 bits per heavy atom. The van der Waals surface area contributed by atoms with Crippen LogP contribution in [0.1, 0.15) is 121 Å². The van der Waals surface area contributed by atoms with Gasteiger partial charge in [-0.15, -0.1) is 0 Å². The van der Waals surface area contributed by atoms with Crippen LogP contribution >= 0.6 is 0 Å². The van der Waals surface area contributed by atoms with Crippen molar-refractivity contribution in [2.75, 3.05) is 13.7 Å². The molecule has 0 aromatic heterocycles. The summed E-state index contributed by atoms with van der Waals surface area (Å²) >= 11 is 0. The van der Waals surface area contributed by atoms with E-state index in [4.69, 9.17) is 14.2 Å². The molecule has 0 radical (unpaired) electrons. The Morgan fingerprint density at radius 2 is 1.50 bits per heavy atom. The molecule has 8 nitrogen and oxygen atoms in total. The van der Waals surface area contributed by atoms with Crippen molar-refractivity contribution >= 4 is 23.8 Å². The van der Waals surface area contributed by atoms with E-state index in [0.717, 1.165) is 19.3 Å². The van der Waals surface area contributed by atoms with Gasteiger partial charge in [-0.2, -0.15) is 0 Å². The van der Waals surface area contributed by atoms with E-state index in [9.17, 15) is 19.2 Å². The van der Waals surface area contributed by atoms with Crippen LogP contribution in [0.2, 0.25) is 0 Å². The van der Waals surface area contributed by atoms with E-state index in [1.54, 1.807) is 32.6 Å². The maximum absolute atomic E-state index is 13.5. The number of rotatable bonds is 12. The third-order valence-corrected chi connectivity index (χ3v) is 7.55. The van der Waals surface area contributed by atoms with Gasteiger partial charge in [-0.1, -0.05) is 41.0 Å². The third kappa shape index (κ3) is 9.88. The smallest absolute Gasteiger partial charge is 0.312 e. The molecule has 0 aromatic carbocycles. The van der Waals surface area contributed by atoms with Crippen molar-refractivity contribution < 1.29 is 33.4 Å². The van der Waals surface area contributed by atoms with Crippen LogP contribution in [0.15, 0.2) is 0 Å². The number of methoxy groups -OCH3 is 1. The minimum absolute atomic E-state index is 0.0125. The lowest BCUT2D eigenvalue weighted by atomic mass is 9.68. The number of amides is 1. The number of ether oxygens (including phenoxy) is 3. The van der Waals surface area contributed by atoms with Gasteiger partial charge in [0.15, 0.2) is 6.23 Å². The lowest BCUT2D eigenvalue weighted by molar-refractivity contribution is -0.175. The van der Waals surface area contributed by atoms with Gasteiger partial charge in [0.1, 0.15) is 5.60 Å². The Labute approximate surface area is 230 Å². The molecule has 0 spiro atoms.